The summed E-state index contributed by atoms with van der Waals surface area (Å²) in [6.45, 7) is 1.76. The number of carbonyl (C=O) groups is 6. The number of nitrogens with two attached hydrogens (primary N) is 3. The molecule has 14 nitrogen and oxygen atoms in total. The number of aliphatic carboxylic acids is 2. The number of rotatable bonds is 16. The lowest BCUT2D eigenvalue weighted by molar-refractivity contribution is -0.143. The number of carbonyl (C=O) groups excluding carboxylic acids is 4. The molecular weight excluding hydrogens is 428 g/mol. The van der Waals surface area contributed by atoms with Gasteiger partial charge in [-0.25, -0.2) is 4.79 Å². The Hall–Kier alpha value is -3.26. The fraction of sp³-hybridized carbons (Fsp3) is 0.667. The molecule has 0 aliphatic rings. The van der Waals surface area contributed by atoms with Crippen molar-refractivity contribution in [3.63, 3.8) is 0 Å². The Morgan fingerprint density at radius 2 is 1.44 bits per heavy atom. The van der Waals surface area contributed by atoms with Crippen LogP contribution in [0.2, 0.25) is 0 Å². The molecule has 0 saturated carbocycles. The summed E-state index contributed by atoms with van der Waals surface area (Å²) in [6.07, 6.45) is 0.148. The topological polar surface area (TPSA) is 257 Å². The molecule has 0 aliphatic heterocycles. The number of hydrogen-bond acceptors (Lipinski definition) is 8. The van der Waals surface area contributed by atoms with Crippen LogP contribution in [0.5, 0.6) is 0 Å². The highest BCUT2D eigenvalue weighted by Gasteiger charge is 2.30. The van der Waals surface area contributed by atoms with Gasteiger partial charge in [0.15, 0.2) is 0 Å². The number of carboxylic acids is 2. The summed E-state index contributed by atoms with van der Waals surface area (Å²) in [4.78, 5) is 70.0. The van der Waals surface area contributed by atoms with Crippen molar-refractivity contribution in [2.24, 2.45) is 17.2 Å². The van der Waals surface area contributed by atoms with Crippen LogP contribution in [0.4, 0.5) is 0 Å². The first-order valence-corrected chi connectivity index (χ1v) is 9.98. The van der Waals surface area contributed by atoms with Crippen molar-refractivity contribution >= 4 is 35.6 Å². The first kappa shape index (κ1) is 28.7. The van der Waals surface area contributed by atoms with Gasteiger partial charge in [-0.15, -0.1) is 0 Å². The Labute approximate surface area is 184 Å². The molecule has 0 aliphatic carbocycles. The van der Waals surface area contributed by atoms with E-state index in [4.69, 9.17) is 27.4 Å². The van der Waals surface area contributed by atoms with Gasteiger partial charge in [-0.3, -0.25) is 24.0 Å². The third-order valence-electron chi connectivity index (χ3n) is 4.36. The molecule has 0 bridgehead atoms. The molecule has 182 valence electrons. The van der Waals surface area contributed by atoms with Crippen molar-refractivity contribution in [2.75, 3.05) is 6.54 Å². The largest absolute Gasteiger partial charge is 0.481 e. The molecule has 14 heteroatoms. The van der Waals surface area contributed by atoms with Crippen LogP contribution in [-0.4, -0.2) is 76.5 Å². The van der Waals surface area contributed by atoms with Gasteiger partial charge in [0.25, 0.3) is 0 Å². The van der Waals surface area contributed by atoms with Gasteiger partial charge in [0.05, 0.1) is 12.5 Å². The van der Waals surface area contributed by atoms with Crippen molar-refractivity contribution in [3.05, 3.63) is 0 Å². The zero-order chi connectivity index (χ0) is 24.8. The monoisotopic (exact) mass is 460 g/mol. The fourth-order valence-corrected chi connectivity index (χ4v) is 2.52. The van der Waals surface area contributed by atoms with Crippen LogP contribution in [0.25, 0.3) is 0 Å². The van der Waals surface area contributed by atoms with E-state index in [0.717, 1.165) is 0 Å². The Balaban J connectivity index is 5.05. The van der Waals surface area contributed by atoms with Gasteiger partial charge in [0.2, 0.25) is 23.6 Å². The lowest BCUT2D eigenvalue weighted by Crippen LogP contribution is -2.56. The molecule has 0 aromatic rings. The number of hydrogen-bond donors (Lipinski definition) is 8. The van der Waals surface area contributed by atoms with Crippen LogP contribution in [0.15, 0.2) is 0 Å². The molecule has 0 fully saturated rings. The van der Waals surface area contributed by atoms with E-state index in [1.165, 1.54) is 6.92 Å². The number of amides is 4. The number of primary amides is 1. The van der Waals surface area contributed by atoms with E-state index in [-0.39, 0.29) is 12.8 Å². The Kier molecular flexibility index (Phi) is 13.2. The standard InChI is InChI=1S/C18H32N6O8/c1-9(22-16(29)10(20)4-2-3-7-19)15(28)24-12(8-14(26)27)17(30)23-11(18(31)32)5-6-13(21)25/h9-12H,2-8,19-20H2,1H3,(H2,21,25)(H,22,29)(H,23,30)(H,24,28)(H,26,27)(H,31,32). The Morgan fingerprint density at radius 1 is 0.844 bits per heavy atom. The van der Waals surface area contributed by atoms with Gasteiger partial charge in [0.1, 0.15) is 18.1 Å². The van der Waals surface area contributed by atoms with E-state index >= 15 is 0 Å². The van der Waals surface area contributed by atoms with Crippen molar-refractivity contribution in [1.82, 2.24) is 16.0 Å². The smallest absolute Gasteiger partial charge is 0.326 e. The molecule has 0 radical (unpaired) electrons. The average Bonchev–Trinajstić information content (AvgIpc) is 2.69. The molecule has 0 spiro atoms. The third-order valence-corrected chi connectivity index (χ3v) is 4.36. The number of carboxylic acid groups (broad SMARTS) is 2. The van der Waals surface area contributed by atoms with Gasteiger partial charge < -0.3 is 43.4 Å². The second-order valence-electron chi connectivity index (χ2n) is 7.18. The molecule has 4 amide bonds. The SMILES string of the molecule is CC(NC(=O)C(N)CCCCN)C(=O)NC(CC(=O)O)C(=O)NC(CCC(N)=O)C(=O)O. The van der Waals surface area contributed by atoms with E-state index in [9.17, 15) is 28.8 Å². The zero-order valence-electron chi connectivity index (χ0n) is 17.8. The van der Waals surface area contributed by atoms with Crippen molar-refractivity contribution in [2.45, 2.75) is 69.6 Å². The summed E-state index contributed by atoms with van der Waals surface area (Å²) in [5, 5.41) is 24.8. The Morgan fingerprint density at radius 3 is 1.94 bits per heavy atom. The minimum Gasteiger partial charge on any atom is -0.481 e. The molecule has 0 saturated heterocycles. The summed E-state index contributed by atoms with van der Waals surface area (Å²) in [6, 6.07) is -5.19. The molecule has 32 heavy (non-hydrogen) atoms. The molecule has 0 aromatic heterocycles. The normalized spacial score (nSPS) is 14.3. The first-order valence-electron chi connectivity index (χ1n) is 9.98. The maximum absolute atomic E-state index is 12.4. The lowest BCUT2D eigenvalue weighted by Gasteiger charge is -2.23. The van der Waals surface area contributed by atoms with Crippen LogP contribution in [-0.2, 0) is 28.8 Å². The lowest BCUT2D eigenvalue weighted by atomic mass is 10.1. The summed E-state index contributed by atoms with van der Waals surface area (Å²) < 4.78 is 0. The molecular formula is C18H32N6O8. The highest BCUT2D eigenvalue weighted by atomic mass is 16.4. The quantitative estimate of drug-likeness (QED) is 0.107. The van der Waals surface area contributed by atoms with E-state index in [2.05, 4.69) is 16.0 Å². The Bertz CT molecular complexity index is 701. The maximum atomic E-state index is 12.4. The van der Waals surface area contributed by atoms with Gasteiger partial charge in [0, 0.05) is 6.42 Å². The van der Waals surface area contributed by atoms with Crippen molar-refractivity contribution in [3.8, 4) is 0 Å². The van der Waals surface area contributed by atoms with Crippen molar-refractivity contribution in [1.29, 1.82) is 0 Å². The predicted octanol–water partition coefficient (Wildman–Crippen LogP) is -3.26. The average molecular weight is 460 g/mol. The highest BCUT2D eigenvalue weighted by molar-refractivity contribution is 5.95. The molecule has 0 aromatic carbocycles. The molecule has 0 heterocycles. The highest BCUT2D eigenvalue weighted by Crippen LogP contribution is 2.02. The summed E-state index contributed by atoms with van der Waals surface area (Å²) >= 11 is 0. The van der Waals surface area contributed by atoms with E-state index in [1.807, 2.05) is 0 Å². The summed E-state index contributed by atoms with van der Waals surface area (Å²) in [5.41, 5.74) is 16.1. The first-order chi connectivity index (χ1) is 14.9. The molecule has 4 atom stereocenters. The van der Waals surface area contributed by atoms with Crippen LogP contribution >= 0.6 is 0 Å². The minimum absolute atomic E-state index is 0.321. The van der Waals surface area contributed by atoms with Gasteiger partial charge in [-0.1, -0.05) is 6.42 Å². The van der Waals surface area contributed by atoms with Gasteiger partial charge in [-0.2, -0.15) is 0 Å². The number of unbranched alkanes of at least 4 members (excludes halogenated alkanes) is 1. The van der Waals surface area contributed by atoms with E-state index < -0.39 is 66.2 Å². The molecule has 0 rings (SSSR count). The minimum atomic E-state index is -1.63. The zero-order valence-corrected chi connectivity index (χ0v) is 17.8. The fourth-order valence-electron chi connectivity index (χ4n) is 2.52. The van der Waals surface area contributed by atoms with Crippen LogP contribution in [0.3, 0.4) is 0 Å². The van der Waals surface area contributed by atoms with Crippen molar-refractivity contribution < 1.29 is 39.0 Å². The predicted molar refractivity (Wildman–Crippen MR) is 111 cm³/mol. The van der Waals surface area contributed by atoms with E-state index in [1.54, 1.807) is 0 Å². The second-order valence-corrected chi connectivity index (χ2v) is 7.18. The van der Waals surface area contributed by atoms with Gasteiger partial charge >= 0.3 is 11.9 Å². The third kappa shape index (κ3) is 11.8. The van der Waals surface area contributed by atoms with Crippen LogP contribution < -0.4 is 33.2 Å². The second kappa shape index (κ2) is 14.7. The molecule has 11 N–H and O–H groups in total. The summed E-state index contributed by atoms with van der Waals surface area (Å²) in [5.74, 6) is -6.27. The van der Waals surface area contributed by atoms with Crippen LogP contribution in [0, 0.1) is 0 Å². The maximum Gasteiger partial charge on any atom is 0.326 e. The summed E-state index contributed by atoms with van der Waals surface area (Å²) in [7, 11) is 0. The van der Waals surface area contributed by atoms with Crippen LogP contribution in [0.1, 0.15) is 45.4 Å². The number of nitrogens with one attached hydrogen (secondary N) is 3. The molecule has 4 unspecified atom stereocenters. The van der Waals surface area contributed by atoms with E-state index in [0.29, 0.717) is 25.8 Å². The van der Waals surface area contributed by atoms with Gasteiger partial charge in [-0.05, 0) is 32.7 Å².